The zero-order chi connectivity index (χ0) is 11.9. The molecule has 0 saturated carbocycles. The zero-order valence-corrected chi connectivity index (χ0v) is 10.1. The number of hydrogen-bond acceptors (Lipinski definition) is 3. The molecule has 1 aromatic carbocycles. The molecule has 2 rings (SSSR count). The van der Waals surface area contributed by atoms with Crippen molar-refractivity contribution in [3.8, 4) is 11.3 Å². The molecule has 0 N–H and O–H groups in total. The SMILES string of the molecule is CCCCOCc1nc(-c2ccccc2)co1. The zero-order valence-electron chi connectivity index (χ0n) is 10.1. The first kappa shape index (κ1) is 11.9. The Kier molecular flexibility index (Phi) is 4.33. The molecule has 1 heterocycles. The van der Waals surface area contributed by atoms with Gasteiger partial charge in [0.25, 0.3) is 0 Å². The summed E-state index contributed by atoms with van der Waals surface area (Å²) in [6.45, 7) is 3.36. The van der Waals surface area contributed by atoms with E-state index in [9.17, 15) is 0 Å². The summed E-state index contributed by atoms with van der Waals surface area (Å²) in [4.78, 5) is 4.39. The maximum absolute atomic E-state index is 5.45. The molecule has 0 amide bonds. The van der Waals surface area contributed by atoms with E-state index in [0.717, 1.165) is 30.7 Å². The second-order valence-corrected chi connectivity index (χ2v) is 3.90. The van der Waals surface area contributed by atoms with Crippen molar-refractivity contribution in [2.24, 2.45) is 0 Å². The van der Waals surface area contributed by atoms with Gasteiger partial charge in [-0.25, -0.2) is 4.98 Å². The normalized spacial score (nSPS) is 10.6. The lowest BCUT2D eigenvalue weighted by Crippen LogP contribution is -1.95. The van der Waals surface area contributed by atoms with Crippen LogP contribution in [0.25, 0.3) is 11.3 Å². The van der Waals surface area contributed by atoms with Gasteiger partial charge in [0.15, 0.2) is 0 Å². The monoisotopic (exact) mass is 231 g/mol. The van der Waals surface area contributed by atoms with Gasteiger partial charge in [-0.3, -0.25) is 0 Å². The summed E-state index contributed by atoms with van der Waals surface area (Å²) in [7, 11) is 0. The molecule has 0 radical (unpaired) electrons. The molecule has 0 aliphatic rings. The maximum atomic E-state index is 5.45. The van der Waals surface area contributed by atoms with Crippen LogP contribution in [0.5, 0.6) is 0 Å². The van der Waals surface area contributed by atoms with Crippen molar-refractivity contribution in [2.45, 2.75) is 26.4 Å². The summed E-state index contributed by atoms with van der Waals surface area (Å²) >= 11 is 0. The lowest BCUT2D eigenvalue weighted by atomic mass is 10.2. The van der Waals surface area contributed by atoms with Gasteiger partial charge in [0, 0.05) is 12.2 Å². The van der Waals surface area contributed by atoms with Crippen molar-refractivity contribution in [1.29, 1.82) is 0 Å². The Labute approximate surface area is 101 Å². The highest BCUT2D eigenvalue weighted by Gasteiger charge is 2.05. The Morgan fingerprint density at radius 1 is 1.24 bits per heavy atom. The highest BCUT2D eigenvalue weighted by Crippen LogP contribution is 2.18. The number of ether oxygens (including phenoxy) is 1. The van der Waals surface area contributed by atoms with Crippen LogP contribution in [-0.4, -0.2) is 11.6 Å². The van der Waals surface area contributed by atoms with E-state index in [-0.39, 0.29) is 0 Å². The minimum Gasteiger partial charge on any atom is -0.446 e. The molecule has 17 heavy (non-hydrogen) atoms. The average Bonchev–Trinajstić information content (AvgIpc) is 2.85. The molecular weight excluding hydrogens is 214 g/mol. The van der Waals surface area contributed by atoms with Crippen LogP contribution in [0.2, 0.25) is 0 Å². The molecule has 0 aliphatic heterocycles. The molecule has 0 bridgehead atoms. The lowest BCUT2D eigenvalue weighted by Gasteiger charge is -1.98. The molecule has 3 nitrogen and oxygen atoms in total. The van der Waals surface area contributed by atoms with Crippen LogP contribution < -0.4 is 0 Å². The fourth-order valence-corrected chi connectivity index (χ4v) is 1.52. The number of oxazole rings is 1. The molecule has 0 spiro atoms. The lowest BCUT2D eigenvalue weighted by molar-refractivity contribution is 0.100. The van der Waals surface area contributed by atoms with Gasteiger partial charge in [0.05, 0.1) is 0 Å². The van der Waals surface area contributed by atoms with Gasteiger partial charge in [-0.05, 0) is 6.42 Å². The number of unbranched alkanes of at least 4 members (excludes halogenated alkanes) is 1. The van der Waals surface area contributed by atoms with E-state index in [1.165, 1.54) is 0 Å². The maximum Gasteiger partial charge on any atom is 0.220 e. The standard InChI is InChI=1S/C14H17NO2/c1-2-3-9-16-11-14-15-13(10-17-14)12-7-5-4-6-8-12/h4-8,10H,2-3,9,11H2,1H3. The number of hydrogen-bond donors (Lipinski definition) is 0. The van der Waals surface area contributed by atoms with Gasteiger partial charge in [0.2, 0.25) is 5.89 Å². The van der Waals surface area contributed by atoms with E-state index >= 15 is 0 Å². The Morgan fingerprint density at radius 3 is 2.82 bits per heavy atom. The molecule has 0 unspecified atom stereocenters. The Balaban J connectivity index is 1.92. The predicted molar refractivity (Wildman–Crippen MR) is 66.5 cm³/mol. The summed E-state index contributed by atoms with van der Waals surface area (Å²) in [6, 6.07) is 9.99. The second kappa shape index (κ2) is 6.21. The van der Waals surface area contributed by atoms with Gasteiger partial charge >= 0.3 is 0 Å². The summed E-state index contributed by atoms with van der Waals surface area (Å²) < 4.78 is 10.8. The van der Waals surface area contributed by atoms with E-state index in [2.05, 4.69) is 11.9 Å². The van der Waals surface area contributed by atoms with Crippen molar-refractivity contribution < 1.29 is 9.15 Å². The molecule has 0 aliphatic carbocycles. The fraction of sp³-hybridized carbons (Fsp3) is 0.357. The number of rotatable bonds is 6. The fourth-order valence-electron chi connectivity index (χ4n) is 1.52. The first-order valence-corrected chi connectivity index (χ1v) is 5.97. The molecule has 3 heteroatoms. The quantitative estimate of drug-likeness (QED) is 0.712. The third-order valence-electron chi connectivity index (χ3n) is 2.49. The minimum atomic E-state index is 0.451. The Morgan fingerprint density at radius 2 is 2.06 bits per heavy atom. The molecular formula is C14H17NO2. The average molecular weight is 231 g/mol. The highest BCUT2D eigenvalue weighted by atomic mass is 16.5. The van der Waals surface area contributed by atoms with Crippen molar-refractivity contribution in [3.05, 3.63) is 42.5 Å². The molecule has 0 fully saturated rings. The van der Waals surface area contributed by atoms with Crippen LogP contribution in [0.15, 0.2) is 41.0 Å². The van der Waals surface area contributed by atoms with E-state index < -0.39 is 0 Å². The largest absolute Gasteiger partial charge is 0.446 e. The van der Waals surface area contributed by atoms with E-state index in [1.807, 2.05) is 30.3 Å². The molecule has 2 aromatic rings. The third kappa shape index (κ3) is 3.43. The number of nitrogens with zero attached hydrogens (tertiary/aromatic N) is 1. The van der Waals surface area contributed by atoms with Crippen LogP contribution in [0.1, 0.15) is 25.7 Å². The molecule has 1 aromatic heterocycles. The van der Waals surface area contributed by atoms with Gasteiger partial charge in [-0.15, -0.1) is 0 Å². The summed E-state index contributed by atoms with van der Waals surface area (Å²) in [5, 5.41) is 0. The second-order valence-electron chi connectivity index (χ2n) is 3.90. The molecule has 0 saturated heterocycles. The van der Waals surface area contributed by atoms with Crippen LogP contribution in [0.4, 0.5) is 0 Å². The van der Waals surface area contributed by atoms with Gasteiger partial charge in [0.1, 0.15) is 18.6 Å². The Hall–Kier alpha value is -1.61. The summed E-state index contributed by atoms with van der Waals surface area (Å²) in [6.07, 6.45) is 3.89. The molecule has 90 valence electrons. The Bertz CT molecular complexity index is 436. The van der Waals surface area contributed by atoms with E-state index in [0.29, 0.717) is 12.5 Å². The first-order valence-electron chi connectivity index (χ1n) is 5.97. The van der Waals surface area contributed by atoms with Crippen molar-refractivity contribution >= 4 is 0 Å². The van der Waals surface area contributed by atoms with Crippen LogP contribution in [0.3, 0.4) is 0 Å². The summed E-state index contributed by atoms with van der Waals surface area (Å²) in [5.41, 5.74) is 1.93. The van der Waals surface area contributed by atoms with Crippen LogP contribution >= 0.6 is 0 Å². The van der Waals surface area contributed by atoms with Crippen molar-refractivity contribution in [1.82, 2.24) is 4.98 Å². The van der Waals surface area contributed by atoms with Crippen LogP contribution in [0, 0.1) is 0 Å². The van der Waals surface area contributed by atoms with Crippen LogP contribution in [-0.2, 0) is 11.3 Å². The van der Waals surface area contributed by atoms with Gasteiger partial charge in [-0.2, -0.15) is 0 Å². The number of aromatic nitrogens is 1. The smallest absolute Gasteiger partial charge is 0.220 e. The first-order chi connectivity index (χ1) is 8.40. The summed E-state index contributed by atoms with van der Waals surface area (Å²) in [5.74, 6) is 0.639. The highest BCUT2D eigenvalue weighted by molar-refractivity contribution is 5.57. The van der Waals surface area contributed by atoms with E-state index in [1.54, 1.807) is 6.26 Å². The topological polar surface area (TPSA) is 35.3 Å². The third-order valence-corrected chi connectivity index (χ3v) is 2.49. The number of benzene rings is 1. The van der Waals surface area contributed by atoms with Crippen molar-refractivity contribution in [2.75, 3.05) is 6.61 Å². The predicted octanol–water partition coefficient (Wildman–Crippen LogP) is 3.66. The minimum absolute atomic E-state index is 0.451. The molecule has 0 atom stereocenters. The van der Waals surface area contributed by atoms with Gasteiger partial charge in [-0.1, -0.05) is 43.7 Å². The van der Waals surface area contributed by atoms with E-state index in [4.69, 9.17) is 9.15 Å². The van der Waals surface area contributed by atoms with Crippen molar-refractivity contribution in [3.63, 3.8) is 0 Å². The van der Waals surface area contributed by atoms with Gasteiger partial charge < -0.3 is 9.15 Å².